The third-order valence-corrected chi connectivity index (χ3v) is 10.1. The maximum absolute atomic E-state index is 12.5. The number of amides is 2. The molecule has 0 spiro atoms. The van der Waals surface area contributed by atoms with Gasteiger partial charge in [-0.15, -0.1) is 6.58 Å². The van der Waals surface area contributed by atoms with Crippen LogP contribution in [0.4, 0.5) is 0 Å². The van der Waals surface area contributed by atoms with Gasteiger partial charge in [0.1, 0.15) is 0 Å². The van der Waals surface area contributed by atoms with Gasteiger partial charge in [0, 0.05) is 57.0 Å². The lowest BCUT2D eigenvalue weighted by molar-refractivity contribution is -0.276. The van der Waals surface area contributed by atoms with Gasteiger partial charge in [0.25, 0.3) is 0 Å². The smallest absolute Gasteiger partial charge is 0.220 e. The molecule has 0 bridgehead atoms. The Balaban J connectivity index is 1.28. The maximum atomic E-state index is 12.5. The largest absolute Gasteiger partial charge is 0.392 e. The summed E-state index contributed by atoms with van der Waals surface area (Å²) in [6.07, 6.45) is 9.25. The Bertz CT molecular complexity index is 1540. The summed E-state index contributed by atoms with van der Waals surface area (Å²) >= 11 is 0. The first-order chi connectivity index (χ1) is 24.3. The van der Waals surface area contributed by atoms with Gasteiger partial charge < -0.3 is 25.2 Å². The molecule has 1 heterocycles. The van der Waals surface area contributed by atoms with E-state index in [1.165, 1.54) is 32.6 Å². The lowest BCUT2D eigenvalue weighted by Gasteiger charge is -2.43. The van der Waals surface area contributed by atoms with Crippen molar-refractivity contribution in [3.8, 4) is 11.1 Å². The molecule has 2 fully saturated rings. The van der Waals surface area contributed by atoms with Gasteiger partial charge in [-0.25, -0.2) is 0 Å². The number of benzene rings is 3. The van der Waals surface area contributed by atoms with Crippen LogP contribution in [0.1, 0.15) is 99.9 Å². The number of carbonyl (C=O) groups is 2. The van der Waals surface area contributed by atoms with Crippen LogP contribution in [0.3, 0.4) is 0 Å². The quantitative estimate of drug-likeness (QED) is 0.102. The van der Waals surface area contributed by atoms with Crippen LogP contribution in [-0.4, -0.2) is 53.6 Å². The second kappa shape index (κ2) is 19.0. The summed E-state index contributed by atoms with van der Waals surface area (Å²) in [5.41, 5.74) is 6.08. The van der Waals surface area contributed by atoms with E-state index in [1.54, 1.807) is 0 Å². The average molecular weight is 682 g/mol. The molecule has 0 aromatic heterocycles. The summed E-state index contributed by atoms with van der Waals surface area (Å²) in [5, 5.41) is 15.5. The number of hydrogen-bond acceptors (Lipinski definition) is 6. The number of hydrogen-bond donors (Lipinski definition) is 3. The minimum absolute atomic E-state index is 0.0100. The molecular weight excluding hydrogens is 626 g/mol. The van der Waals surface area contributed by atoms with Gasteiger partial charge in [-0.1, -0.05) is 92.9 Å². The van der Waals surface area contributed by atoms with E-state index in [9.17, 15) is 14.7 Å². The molecule has 268 valence electrons. The zero-order chi connectivity index (χ0) is 35.3. The number of carbonyl (C=O) groups excluding carboxylic acids is 2. The van der Waals surface area contributed by atoms with Crippen LogP contribution in [0.25, 0.3) is 11.1 Å². The van der Waals surface area contributed by atoms with Crippen LogP contribution in [0.2, 0.25) is 0 Å². The fraction of sp³-hybridized carbons (Fsp3) is 0.476. The lowest BCUT2D eigenvalue weighted by atomic mass is 9.89. The highest BCUT2D eigenvalue weighted by molar-refractivity contribution is 5.76. The van der Waals surface area contributed by atoms with Crippen molar-refractivity contribution in [1.29, 1.82) is 0 Å². The molecule has 1 saturated carbocycles. The Morgan fingerprint density at radius 1 is 0.900 bits per heavy atom. The van der Waals surface area contributed by atoms with Crippen molar-refractivity contribution < 1.29 is 24.2 Å². The molecule has 3 aromatic carbocycles. The van der Waals surface area contributed by atoms with Crippen LogP contribution in [0.5, 0.6) is 0 Å². The molecule has 8 heteroatoms. The molecule has 1 aliphatic heterocycles. The first-order valence-corrected chi connectivity index (χ1v) is 18.4. The SMILES string of the molecule is C=CCN(CC1OC(c2cccc(-c3cccc(CNC(=O)CCCCCNC(C)=O)c3)c2)OC(c2ccc(CO)cc2)C1C)C1CCCC1. The Morgan fingerprint density at radius 3 is 2.36 bits per heavy atom. The van der Waals surface area contributed by atoms with Crippen molar-refractivity contribution in [3.63, 3.8) is 0 Å². The van der Waals surface area contributed by atoms with E-state index in [4.69, 9.17) is 9.47 Å². The summed E-state index contributed by atoms with van der Waals surface area (Å²) in [5.74, 6) is 0.123. The molecule has 3 N–H and O–H groups in total. The fourth-order valence-electron chi connectivity index (χ4n) is 7.23. The molecule has 1 aliphatic carbocycles. The fourth-order valence-corrected chi connectivity index (χ4v) is 7.23. The van der Waals surface area contributed by atoms with Crippen molar-refractivity contribution in [2.75, 3.05) is 19.6 Å². The predicted octanol–water partition coefficient (Wildman–Crippen LogP) is 7.38. The first kappa shape index (κ1) is 37.4. The molecular formula is C42H55N3O5. The number of aliphatic hydroxyl groups is 1. The van der Waals surface area contributed by atoms with E-state index in [-0.39, 0.29) is 36.5 Å². The van der Waals surface area contributed by atoms with Crippen LogP contribution in [-0.2, 0) is 32.2 Å². The van der Waals surface area contributed by atoms with E-state index in [0.29, 0.717) is 25.6 Å². The standard InChI is InChI=1S/C42H55N3O5/c1-4-24-45(38-16-7-8-17-38)28-39-30(2)41(34-21-19-32(29-46)20-22-34)50-42(49-39)37-15-11-14-36(26-37)35-13-10-12-33(25-35)27-44-40(48)18-6-5-9-23-43-31(3)47/h4,10-15,19-22,25-26,30,38-39,41-42,46H,1,5-9,16-18,23-24,27-29H2,2-3H3,(H,43,47)(H,44,48). The number of aliphatic hydroxyl groups excluding tert-OH is 1. The van der Waals surface area contributed by atoms with Crippen molar-refractivity contribution in [2.45, 2.75) is 103 Å². The number of nitrogens with one attached hydrogen (secondary N) is 2. The van der Waals surface area contributed by atoms with Crippen molar-refractivity contribution in [1.82, 2.24) is 15.5 Å². The summed E-state index contributed by atoms with van der Waals surface area (Å²) in [4.78, 5) is 26.0. The molecule has 4 unspecified atom stereocenters. The minimum atomic E-state index is -0.548. The molecule has 2 aliphatic rings. The van der Waals surface area contributed by atoms with Crippen molar-refractivity contribution in [3.05, 3.63) is 108 Å². The lowest BCUT2D eigenvalue weighted by Crippen LogP contribution is -2.47. The number of rotatable bonds is 17. The van der Waals surface area contributed by atoms with E-state index < -0.39 is 6.29 Å². The van der Waals surface area contributed by atoms with Crippen LogP contribution in [0, 0.1) is 5.92 Å². The molecule has 3 aromatic rings. The number of ether oxygens (including phenoxy) is 2. The summed E-state index contributed by atoms with van der Waals surface area (Å²) < 4.78 is 13.7. The highest BCUT2D eigenvalue weighted by Crippen LogP contribution is 2.43. The molecule has 5 rings (SSSR count). The van der Waals surface area contributed by atoms with E-state index in [0.717, 1.165) is 65.7 Å². The second-order valence-electron chi connectivity index (χ2n) is 13.9. The first-order valence-electron chi connectivity index (χ1n) is 18.4. The van der Waals surface area contributed by atoms with Gasteiger partial charge in [-0.05, 0) is 65.6 Å². The van der Waals surface area contributed by atoms with Gasteiger partial charge in [0.15, 0.2) is 6.29 Å². The van der Waals surface area contributed by atoms with Gasteiger partial charge in [0.2, 0.25) is 11.8 Å². The average Bonchev–Trinajstić information content (AvgIpc) is 3.68. The van der Waals surface area contributed by atoms with E-state index >= 15 is 0 Å². The van der Waals surface area contributed by atoms with Gasteiger partial charge in [-0.3, -0.25) is 14.5 Å². The van der Waals surface area contributed by atoms with Crippen molar-refractivity contribution in [2.24, 2.45) is 5.92 Å². The van der Waals surface area contributed by atoms with Gasteiger partial charge in [-0.2, -0.15) is 0 Å². The highest BCUT2D eigenvalue weighted by atomic mass is 16.7. The van der Waals surface area contributed by atoms with Gasteiger partial charge >= 0.3 is 0 Å². The topological polar surface area (TPSA) is 100 Å². The molecule has 1 saturated heterocycles. The number of nitrogens with zero attached hydrogens (tertiary/aromatic N) is 1. The third kappa shape index (κ3) is 10.6. The summed E-state index contributed by atoms with van der Waals surface area (Å²) in [6.45, 7) is 10.6. The molecule has 8 nitrogen and oxygen atoms in total. The molecule has 0 radical (unpaired) electrons. The van der Waals surface area contributed by atoms with Crippen LogP contribution in [0.15, 0.2) is 85.5 Å². The summed E-state index contributed by atoms with van der Waals surface area (Å²) in [6, 6.07) is 25.3. The number of unbranched alkanes of at least 4 members (excludes halogenated alkanes) is 2. The molecule has 4 atom stereocenters. The van der Waals surface area contributed by atoms with Gasteiger partial charge in [0.05, 0.1) is 18.8 Å². The van der Waals surface area contributed by atoms with Crippen LogP contribution >= 0.6 is 0 Å². The Labute approximate surface area is 298 Å². The summed E-state index contributed by atoms with van der Waals surface area (Å²) in [7, 11) is 0. The second-order valence-corrected chi connectivity index (χ2v) is 13.9. The van der Waals surface area contributed by atoms with E-state index in [1.807, 2.05) is 30.3 Å². The zero-order valence-electron chi connectivity index (χ0n) is 29.8. The normalized spacial score (nSPS) is 20.9. The Morgan fingerprint density at radius 2 is 1.64 bits per heavy atom. The molecule has 2 amide bonds. The highest BCUT2D eigenvalue weighted by Gasteiger charge is 2.40. The minimum Gasteiger partial charge on any atom is -0.392 e. The van der Waals surface area contributed by atoms with Crippen LogP contribution < -0.4 is 10.6 Å². The molecule has 50 heavy (non-hydrogen) atoms. The monoisotopic (exact) mass is 681 g/mol. The maximum Gasteiger partial charge on any atom is 0.220 e. The third-order valence-electron chi connectivity index (χ3n) is 10.1. The Kier molecular flexibility index (Phi) is 14.2. The zero-order valence-corrected chi connectivity index (χ0v) is 29.8. The predicted molar refractivity (Wildman–Crippen MR) is 198 cm³/mol. The van der Waals surface area contributed by atoms with E-state index in [2.05, 4.69) is 77.6 Å². The van der Waals surface area contributed by atoms with Crippen molar-refractivity contribution >= 4 is 11.8 Å². The Hall–Kier alpha value is -3.82.